The topological polar surface area (TPSA) is 125 Å². The first-order valence-electron chi connectivity index (χ1n) is 12.9. The van der Waals surface area contributed by atoms with Crippen LogP contribution in [0.4, 0.5) is 22.0 Å². The fourth-order valence-electron chi connectivity index (χ4n) is 4.96. The van der Waals surface area contributed by atoms with E-state index in [1.54, 1.807) is 0 Å². The van der Waals surface area contributed by atoms with Crippen molar-refractivity contribution in [3.8, 4) is 5.75 Å². The molecule has 0 spiro atoms. The van der Waals surface area contributed by atoms with Gasteiger partial charge in [-0.05, 0) is 55.3 Å². The highest BCUT2D eigenvalue weighted by Crippen LogP contribution is 2.38. The summed E-state index contributed by atoms with van der Waals surface area (Å²) < 4.78 is 95.3. The molecule has 2 aliphatic rings. The van der Waals surface area contributed by atoms with Gasteiger partial charge in [0.2, 0.25) is 0 Å². The van der Waals surface area contributed by atoms with E-state index in [4.69, 9.17) is 0 Å². The maximum absolute atomic E-state index is 13.6. The third-order valence-corrected chi connectivity index (χ3v) is 9.37. The van der Waals surface area contributed by atoms with Crippen LogP contribution in [-0.2, 0) is 14.6 Å². The number of rotatable bonds is 8. The molecule has 0 aliphatic carbocycles. The monoisotopic (exact) mass is 617 g/mol. The summed E-state index contributed by atoms with van der Waals surface area (Å²) in [5, 5.41) is 15.2. The van der Waals surface area contributed by atoms with Gasteiger partial charge in [0, 0.05) is 18.5 Å². The molecule has 0 bridgehead atoms. The lowest BCUT2D eigenvalue weighted by Crippen LogP contribution is -2.55. The van der Waals surface area contributed by atoms with Crippen LogP contribution in [0.25, 0.3) is 5.57 Å². The van der Waals surface area contributed by atoms with Crippen LogP contribution in [0.1, 0.15) is 35.2 Å². The van der Waals surface area contributed by atoms with Gasteiger partial charge in [-0.2, -0.15) is 27.0 Å². The third-order valence-electron chi connectivity index (χ3n) is 7.21. The minimum atomic E-state index is -6.04. The summed E-state index contributed by atoms with van der Waals surface area (Å²) in [6.07, 6.45) is -9.73. The molecule has 1 fully saturated rings. The number of hydroxylamine groups is 2. The van der Waals surface area contributed by atoms with Gasteiger partial charge in [0.05, 0.1) is 11.2 Å². The fraction of sp³-hybridized carbons (Fsp3) is 0.407. The number of hydrogen-bond donors (Lipinski definition) is 3. The van der Waals surface area contributed by atoms with Crippen LogP contribution in [-0.4, -0.2) is 73.5 Å². The smallest absolute Gasteiger partial charge is 0.426 e. The van der Waals surface area contributed by atoms with E-state index < -0.39 is 61.8 Å². The van der Waals surface area contributed by atoms with Crippen molar-refractivity contribution >= 4 is 27.2 Å². The van der Waals surface area contributed by atoms with E-state index in [-0.39, 0.29) is 44.0 Å². The lowest BCUT2D eigenvalue weighted by Gasteiger charge is -2.38. The van der Waals surface area contributed by atoms with Crippen LogP contribution in [0.5, 0.6) is 5.75 Å². The van der Waals surface area contributed by atoms with Crippen LogP contribution in [0.2, 0.25) is 0 Å². The molecule has 3 N–H and O–H groups in total. The first kappa shape index (κ1) is 31.5. The van der Waals surface area contributed by atoms with Gasteiger partial charge in [0.25, 0.3) is 11.8 Å². The number of alkyl halides is 5. The molecule has 42 heavy (non-hydrogen) atoms. The first-order chi connectivity index (χ1) is 19.7. The predicted molar refractivity (Wildman–Crippen MR) is 140 cm³/mol. The number of piperidine rings is 1. The maximum atomic E-state index is 13.6. The summed E-state index contributed by atoms with van der Waals surface area (Å²) in [4.78, 5) is 26.5. The maximum Gasteiger partial charge on any atom is 0.499 e. The largest absolute Gasteiger partial charge is 0.499 e. The first-order valence-corrected chi connectivity index (χ1v) is 14.6. The van der Waals surface area contributed by atoms with Crippen molar-refractivity contribution in [1.29, 1.82) is 0 Å². The predicted octanol–water partition coefficient (Wildman–Crippen LogP) is 3.77. The number of sulfone groups is 1. The Morgan fingerprint density at radius 2 is 1.69 bits per heavy atom. The Kier molecular flexibility index (Phi) is 9.06. The summed E-state index contributed by atoms with van der Waals surface area (Å²) in [5.74, 6) is -4.44. The number of imide groups is 1. The second-order valence-electron chi connectivity index (χ2n) is 10.1. The van der Waals surface area contributed by atoms with Crippen LogP contribution < -0.4 is 15.4 Å². The molecule has 0 aromatic heterocycles. The Morgan fingerprint density at radius 1 is 1.02 bits per heavy atom. The number of benzene rings is 2. The number of halogens is 5. The molecular formula is C27H28F5N3O6S. The van der Waals surface area contributed by atoms with E-state index in [1.807, 2.05) is 36.4 Å². The zero-order valence-corrected chi connectivity index (χ0v) is 22.9. The summed E-state index contributed by atoms with van der Waals surface area (Å²) in [5.41, 5.74) is -0.717. The van der Waals surface area contributed by atoms with Gasteiger partial charge in [-0.3, -0.25) is 20.1 Å². The average Bonchev–Trinajstić information content (AvgIpc) is 2.96. The Balaban J connectivity index is 1.54. The summed E-state index contributed by atoms with van der Waals surface area (Å²) in [6, 6.07) is 12.3. The van der Waals surface area contributed by atoms with Crippen LogP contribution in [0.15, 0.2) is 60.7 Å². The van der Waals surface area contributed by atoms with Gasteiger partial charge in [-0.25, -0.2) is 8.42 Å². The quantitative estimate of drug-likeness (QED) is 0.177. The molecule has 228 valence electrons. The van der Waals surface area contributed by atoms with Crippen molar-refractivity contribution in [3.63, 3.8) is 0 Å². The van der Waals surface area contributed by atoms with Crippen molar-refractivity contribution < 1.29 is 49.9 Å². The minimum Gasteiger partial charge on any atom is -0.426 e. The van der Waals surface area contributed by atoms with E-state index in [0.29, 0.717) is 6.07 Å². The Bertz CT molecular complexity index is 1440. The zero-order valence-electron chi connectivity index (χ0n) is 22.0. The zero-order chi connectivity index (χ0) is 30.8. The second-order valence-corrected chi connectivity index (χ2v) is 12.3. The molecule has 0 radical (unpaired) electrons. The van der Waals surface area contributed by atoms with Gasteiger partial charge >= 0.3 is 12.3 Å². The van der Waals surface area contributed by atoms with Gasteiger partial charge < -0.3 is 10.1 Å². The SMILES string of the molecule is O=C(c1cccc(OC(F)(F)C(F)(F)F)c1)N(O)C(=O)C1(CS(=O)(=O)C2CC(c3ccccc3)=CCN2)CCNCC1. The van der Waals surface area contributed by atoms with E-state index >= 15 is 0 Å². The molecule has 2 aromatic rings. The third kappa shape index (κ3) is 6.80. The number of hydrogen-bond acceptors (Lipinski definition) is 8. The second kappa shape index (κ2) is 12.1. The van der Waals surface area contributed by atoms with Crippen molar-refractivity contribution in [3.05, 3.63) is 71.8 Å². The Morgan fingerprint density at radius 3 is 2.33 bits per heavy atom. The highest BCUT2D eigenvalue weighted by molar-refractivity contribution is 7.92. The number of carbonyl (C=O) groups excluding carboxylic acids is 2. The molecule has 0 saturated carbocycles. The number of nitrogens with zero attached hydrogens (tertiary/aromatic N) is 1. The van der Waals surface area contributed by atoms with Crippen molar-refractivity contribution in [2.24, 2.45) is 5.41 Å². The number of carbonyl (C=O) groups is 2. The molecule has 2 heterocycles. The van der Waals surface area contributed by atoms with Crippen molar-refractivity contribution in [1.82, 2.24) is 15.7 Å². The Labute approximate surface area is 238 Å². The number of nitrogens with one attached hydrogen (secondary N) is 2. The molecule has 9 nitrogen and oxygen atoms in total. The van der Waals surface area contributed by atoms with Crippen LogP contribution in [0, 0.1) is 5.41 Å². The average molecular weight is 618 g/mol. The fourth-order valence-corrected chi connectivity index (χ4v) is 7.13. The van der Waals surface area contributed by atoms with Gasteiger partial charge in [-0.1, -0.05) is 42.5 Å². The molecule has 2 aromatic carbocycles. The highest BCUT2D eigenvalue weighted by Gasteiger charge is 2.61. The standard InChI is InChI=1S/C27H28F5N3O6S/c28-26(29,30)27(31,32)41-21-8-4-7-20(15-21)23(36)35(38)24(37)25(10-13-33-14-11-25)17-42(39,40)22-16-19(9-12-34-22)18-5-2-1-3-6-18/h1-9,15,22,33-34,38H,10-14,16-17H2. The van der Waals surface area contributed by atoms with Gasteiger partial charge in [-0.15, -0.1) is 0 Å². The molecule has 4 rings (SSSR count). The summed E-state index contributed by atoms with van der Waals surface area (Å²) in [7, 11) is -4.05. The number of ether oxygens (including phenoxy) is 1. The molecule has 1 saturated heterocycles. The van der Waals surface area contributed by atoms with E-state index in [0.717, 1.165) is 29.3 Å². The number of amides is 2. The van der Waals surface area contributed by atoms with E-state index in [9.17, 15) is 45.2 Å². The summed E-state index contributed by atoms with van der Waals surface area (Å²) >= 11 is 0. The van der Waals surface area contributed by atoms with E-state index in [1.165, 1.54) is 0 Å². The molecule has 2 aliphatic heterocycles. The minimum absolute atomic E-state index is 0.0511. The molecular weight excluding hydrogens is 589 g/mol. The lowest BCUT2D eigenvalue weighted by molar-refractivity contribution is -0.360. The van der Waals surface area contributed by atoms with E-state index in [2.05, 4.69) is 15.4 Å². The molecule has 2 amide bonds. The molecule has 1 unspecified atom stereocenters. The van der Waals surface area contributed by atoms with Gasteiger partial charge in [0.1, 0.15) is 11.1 Å². The van der Waals surface area contributed by atoms with Crippen molar-refractivity contribution in [2.45, 2.75) is 36.9 Å². The molecule has 1 atom stereocenters. The van der Waals surface area contributed by atoms with Crippen LogP contribution >= 0.6 is 0 Å². The van der Waals surface area contributed by atoms with Crippen LogP contribution in [0.3, 0.4) is 0 Å². The van der Waals surface area contributed by atoms with Crippen molar-refractivity contribution in [2.75, 3.05) is 25.4 Å². The molecule has 15 heteroatoms. The summed E-state index contributed by atoms with van der Waals surface area (Å²) in [6.45, 7) is 0.659. The highest BCUT2D eigenvalue weighted by atomic mass is 32.2. The normalized spacial score (nSPS) is 19.5. The van der Waals surface area contributed by atoms with Gasteiger partial charge in [0.15, 0.2) is 9.84 Å². The Hall–Kier alpha value is -3.40. The lowest BCUT2D eigenvalue weighted by atomic mass is 9.79.